The van der Waals surface area contributed by atoms with Gasteiger partial charge in [-0.3, -0.25) is 14.4 Å². The van der Waals surface area contributed by atoms with Crippen LogP contribution in [0.3, 0.4) is 0 Å². The number of nitrogens with one attached hydrogen (secondary N) is 1. The lowest BCUT2D eigenvalue weighted by atomic mass is 10.1. The molecule has 6 nitrogen and oxygen atoms in total. The Labute approximate surface area is 276 Å². The molecule has 0 aliphatic carbocycles. The number of unbranched alkanes of at least 4 members (excludes halogenated alkanes) is 15. The highest BCUT2D eigenvalue weighted by Gasteiger charge is 2.11. The van der Waals surface area contributed by atoms with E-state index < -0.39 is 5.97 Å². The van der Waals surface area contributed by atoms with Crippen LogP contribution in [0.4, 0.5) is 0 Å². The first-order chi connectivity index (χ1) is 22.0. The number of allylic oxidation sites excluding steroid dienone is 7. The van der Waals surface area contributed by atoms with Crippen molar-refractivity contribution in [2.24, 2.45) is 0 Å². The van der Waals surface area contributed by atoms with Crippen molar-refractivity contribution in [3.8, 4) is 0 Å². The van der Waals surface area contributed by atoms with Gasteiger partial charge < -0.3 is 15.2 Å². The first kappa shape index (κ1) is 42.4. The predicted molar refractivity (Wildman–Crippen MR) is 189 cm³/mol. The minimum atomic E-state index is -1.03. The van der Waals surface area contributed by atoms with Crippen LogP contribution in [0.1, 0.15) is 168 Å². The van der Waals surface area contributed by atoms with E-state index in [1.807, 2.05) is 6.08 Å². The number of esters is 1. The highest BCUT2D eigenvalue weighted by atomic mass is 16.5. The van der Waals surface area contributed by atoms with Crippen LogP contribution < -0.4 is 5.32 Å². The van der Waals surface area contributed by atoms with E-state index in [-0.39, 0.29) is 24.5 Å². The number of ether oxygens (including phenoxy) is 1. The zero-order valence-electron chi connectivity index (χ0n) is 29.0. The summed E-state index contributed by atoms with van der Waals surface area (Å²) in [6.45, 7) is 4.06. The number of carboxylic acid groups (broad SMARTS) is 1. The Balaban J connectivity index is 4.19. The predicted octanol–water partition coefficient (Wildman–Crippen LogP) is 10.7. The third kappa shape index (κ3) is 34.1. The van der Waals surface area contributed by atoms with Gasteiger partial charge in [-0.25, -0.2) is 0 Å². The van der Waals surface area contributed by atoms with Gasteiger partial charge in [0.05, 0.1) is 0 Å². The third-order valence-electron chi connectivity index (χ3n) is 7.72. The summed E-state index contributed by atoms with van der Waals surface area (Å²) in [5.74, 6) is -1.38. The van der Waals surface area contributed by atoms with Crippen LogP contribution in [0.5, 0.6) is 0 Å². The van der Waals surface area contributed by atoms with Gasteiger partial charge in [0.2, 0.25) is 5.91 Å². The van der Waals surface area contributed by atoms with Crippen LogP contribution in [0.15, 0.2) is 48.6 Å². The first-order valence-electron chi connectivity index (χ1n) is 18.3. The highest BCUT2D eigenvalue weighted by Crippen LogP contribution is 2.14. The number of carboxylic acids is 1. The van der Waals surface area contributed by atoms with Gasteiger partial charge in [-0.2, -0.15) is 0 Å². The maximum Gasteiger partial charge on any atom is 0.322 e. The molecule has 0 heterocycles. The van der Waals surface area contributed by atoms with Crippen molar-refractivity contribution in [3.63, 3.8) is 0 Å². The van der Waals surface area contributed by atoms with E-state index in [0.29, 0.717) is 12.8 Å². The van der Waals surface area contributed by atoms with Crippen molar-refractivity contribution in [2.75, 3.05) is 6.54 Å². The largest absolute Gasteiger partial charge is 0.480 e. The smallest absolute Gasteiger partial charge is 0.322 e. The number of carbonyl (C=O) groups is 3. The molecule has 0 aromatic heterocycles. The highest BCUT2D eigenvalue weighted by molar-refractivity contribution is 5.80. The minimum Gasteiger partial charge on any atom is -0.480 e. The molecule has 258 valence electrons. The van der Waals surface area contributed by atoms with Gasteiger partial charge in [-0.15, -0.1) is 0 Å². The lowest BCUT2D eigenvalue weighted by Gasteiger charge is -2.14. The topological polar surface area (TPSA) is 92.7 Å². The summed E-state index contributed by atoms with van der Waals surface area (Å²) in [6.07, 6.45) is 42.5. The quantitative estimate of drug-likeness (QED) is 0.0439. The standard InChI is InChI=1S/C39H67NO5/c1-3-5-7-9-11-13-14-15-16-17-18-19-20-22-24-30-34-39(44)45-36(31-27-23-21-12-10-8-6-4-2)32-28-25-26-29-33-37(41)40-35-38(42)43/h6,8,12,16-17,21,27,31,36H,3-5,7,9-11,13-15,18-20,22-26,28-30,32-35H2,1-2H3,(H,40,41)(H,42,43)/b8-6-,17-16-,21-12-,31-27-. The molecule has 0 bridgehead atoms. The van der Waals surface area contributed by atoms with Gasteiger partial charge in [0.25, 0.3) is 0 Å². The van der Waals surface area contributed by atoms with E-state index in [9.17, 15) is 14.4 Å². The summed E-state index contributed by atoms with van der Waals surface area (Å²) in [5, 5.41) is 11.0. The normalized spacial score (nSPS) is 12.6. The number of hydrogen-bond donors (Lipinski definition) is 2. The molecule has 0 spiro atoms. The summed E-state index contributed by atoms with van der Waals surface area (Å²) in [4.78, 5) is 34.8. The van der Waals surface area contributed by atoms with E-state index in [1.54, 1.807) is 0 Å². The molecule has 0 aliphatic rings. The Morgan fingerprint density at radius 1 is 0.622 bits per heavy atom. The molecule has 0 radical (unpaired) electrons. The molecular formula is C39H67NO5. The molecule has 1 amide bonds. The van der Waals surface area contributed by atoms with E-state index in [1.165, 1.54) is 64.2 Å². The van der Waals surface area contributed by atoms with Gasteiger partial charge in [-0.1, -0.05) is 127 Å². The van der Waals surface area contributed by atoms with Gasteiger partial charge in [-0.05, 0) is 76.7 Å². The van der Waals surface area contributed by atoms with Crippen molar-refractivity contribution < 1.29 is 24.2 Å². The molecule has 0 rings (SSSR count). The fourth-order valence-corrected chi connectivity index (χ4v) is 5.03. The van der Waals surface area contributed by atoms with Gasteiger partial charge in [0.15, 0.2) is 0 Å². The number of amides is 1. The molecule has 0 fully saturated rings. The van der Waals surface area contributed by atoms with Gasteiger partial charge in [0, 0.05) is 12.8 Å². The Morgan fingerprint density at radius 2 is 1.16 bits per heavy atom. The van der Waals surface area contributed by atoms with Gasteiger partial charge >= 0.3 is 11.9 Å². The molecule has 45 heavy (non-hydrogen) atoms. The summed E-state index contributed by atoms with van der Waals surface area (Å²) in [5.41, 5.74) is 0. The second kappa shape index (κ2) is 34.2. The number of carbonyl (C=O) groups excluding carboxylic acids is 2. The van der Waals surface area contributed by atoms with Crippen molar-refractivity contribution in [2.45, 2.75) is 174 Å². The van der Waals surface area contributed by atoms with E-state index in [0.717, 1.165) is 77.0 Å². The van der Waals surface area contributed by atoms with Gasteiger partial charge in [0.1, 0.15) is 12.6 Å². The second-order valence-corrected chi connectivity index (χ2v) is 12.1. The lowest BCUT2D eigenvalue weighted by Crippen LogP contribution is -2.28. The minimum absolute atomic E-state index is 0.117. The monoisotopic (exact) mass is 630 g/mol. The first-order valence-corrected chi connectivity index (χ1v) is 18.3. The van der Waals surface area contributed by atoms with Crippen molar-refractivity contribution in [3.05, 3.63) is 48.6 Å². The molecule has 2 N–H and O–H groups in total. The van der Waals surface area contributed by atoms with Crippen LogP contribution in [0, 0.1) is 0 Å². The third-order valence-corrected chi connectivity index (χ3v) is 7.72. The van der Waals surface area contributed by atoms with Crippen LogP contribution in [0.25, 0.3) is 0 Å². The van der Waals surface area contributed by atoms with E-state index in [4.69, 9.17) is 9.84 Å². The summed E-state index contributed by atoms with van der Waals surface area (Å²) in [6, 6.07) is 0. The van der Waals surface area contributed by atoms with Crippen LogP contribution in [-0.4, -0.2) is 35.6 Å². The molecule has 0 saturated carbocycles. The molecule has 1 unspecified atom stereocenters. The van der Waals surface area contributed by atoms with E-state index in [2.05, 4.69) is 61.7 Å². The molecule has 0 aromatic carbocycles. The van der Waals surface area contributed by atoms with Crippen molar-refractivity contribution in [1.82, 2.24) is 5.32 Å². The van der Waals surface area contributed by atoms with Crippen LogP contribution in [0.2, 0.25) is 0 Å². The molecule has 0 aliphatic heterocycles. The molecular weight excluding hydrogens is 562 g/mol. The number of aliphatic carboxylic acids is 1. The maximum absolute atomic E-state index is 12.6. The summed E-state index contributed by atoms with van der Waals surface area (Å²) in [7, 11) is 0. The summed E-state index contributed by atoms with van der Waals surface area (Å²) < 4.78 is 5.84. The SMILES string of the molecule is CC/C=C\C/C=C\C/C=C\C(CCCCCCC(=O)NCC(=O)O)OC(=O)CCCCCCC/C=C\CCCCCCCCC. The van der Waals surface area contributed by atoms with E-state index >= 15 is 0 Å². The Kier molecular flexibility index (Phi) is 32.2. The average molecular weight is 630 g/mol. The van der Waals surface area contributed by atoms with Crippen molar-refractivity contribution in [1.29, 1.82) is 0 Å². The molecule has 0 aromatic rings. The Morgan fingerprint density at radius 3 is 1.78 bits per heavy atom. The lowest BCUT2D eigenvalue weighted by molar-refractivity contribution is -0.147. The average Bonchev–Trinajstić information content (AvgIpc) is 3.02. The second-order valence-electron chi connectivity index (χ2n) is 12.1. The number of rotatable bonds is 32. The molecule has 1 atom stereocenters. The zero-order chi connectivity index (χ0) is 33.1. The van der Waals surface area contributed by atoms with Crippen LogP contribution in [-0.2, 0) is 19.1 Å². The molecule has 6 heteroatoms. The number of hydrogen-bond acceptors (Lipinski definition) is 4. The zero-order valence-corrected chi connectivity index (χ0v) is 29.0. The Hall–Kier alpha value is -2.63. The van der Waals surface area contributed by atoms with Crippen molar-refractivity contribution >= 4 is 17.8 Å². The Bertz CT molecular complexity index is 829. The fraction of sp³-hybridized carbons (Fsp3) is 0.718. The maximum atomic E-state index is 12.6. The van der Waals surface area contributed by atoms with Crippen LogP contribution >= 0.6 is 0 Å². The summed E-state index contributed by atoms with van der Waals surface area (Å²) >= 11 is 0. The fourth-order valence-electron chi connectivity index (χ4n) is 5.03. The molecule has 0 saturated heterocycles.